The summed E-state index contributed by atoms with van der Waals surface area (Å²) < 4.78 is 2.16. The Balaban J connectivity index is 2.14. The lowest BCUT2D eigenvalue weighted by atomic mass is 10.2. The molecule has 2 heterocycles. The third-order valence-electron chi connectivity index (χ3n) is 3.38. The molecule has 4 N–H and O–H groups in total. The number of aromatic nitrogens is 3. The SMILES string of the molecule is Cc1cc(C(=O)CSc2nc(N)cc(N)n2)c(C)n1C(C)C. The van der Waals surface area contributed by atoms with Gasteiger partial charge in [-0.15, -0.1) is 0 Å². The number of hydrogen-bond acceptors (Lipinski definition) is 6. The van der Waals surface area contributed by atoms with Gasteiger partial charge < -0.3 is 16.0 Å². The monoisotopic (exact) mass is 319 g/mol. The van der Waals surface area contributed by atoms with Crippen LogP contribution in [-0.4, -0.2) is 26.1 Å². The Kier molecular flexibility index (Phi) is 4.75. The van der Waals surface area contributed by atoms with Crippen LogP contribution >= 0.6 is 11.8 Å². The second kappa shape index (κ2) is 6.39. The first-order chi connectivity index (χ1) is 10.3. The number of aryl methyl sites for hydroxylation is 1. The van der Waals surface area contributed by atoms with Crippen LogP contribution in [0.4, 0.5) is 11.6 Å². The minimum Gasteiger partial charge on any atom is -0.383 e. The number of thioether (sulfide) groups is 1. The maximum atomic E-state index is 12.4. The minimum atomic E-state index is 0.0506. The van der Waals surface area contributed by atoms with Crippen LogP contribution in [0.15, 0.2) is 17.3 Å². The minimum absolute atomic E-state index is 0.0506. The fourth-order valence-corrected chi connectivity index (χ4v) is 3.34. The van der Waals surface area contributed by atoms with Gasteiger partial charge in [0.15, 0.2) is 10.9 Å². The summed E-state index contributed by atoms with van der Waals surface area (Å²) in [4.78, 5) is 20.6. The first-order valence-corrected chi connectivity index (χ1v) is 8.02. The molecule has 6 nitrogen and oxygen atoms in total. The fraction of sp³-hybridized carbons (Fsp3) is 0.400. The summed E-state index contributed by atoms with van der Waals surface area (Å²) in [6, 6.07) is 3.75. The second-order valence-electron chi connectivity index (χ2n) is 5.46. The van der Waals surface area contributed by atoms with Crippen molar-refractivity contribution >= 4 is 29.2 Å². The predicted molar refractivity (Wildman–Crippen MR) is 90.2 cm³/mol. The smallest absolute Gasteiger partial charge is 0.191 e. The molecule has 0 bridgehead atoms. The zero-order chi connectivity index (χ0) is 16.4. The van der Waals surface area contributed by atoms with Crippen molar-refractivity contribution < 1.29 is 4.79 Å². The van der Waals surface area contributed by atoms with Crippen molar-refractivity contribution in [2.24, 2.45) is 0 Å². The lowest BCUT2D eigenvalue weighted by molar-refractivity contribution is 0.102. The number of nitrogens with zero attached hydrogens (tertiary/aromatic N) is 3. The van der Waals surface area contributed by atoms with E-state index in [4.69, 9.17) is 11.5 Å². The molecule has 0 saturated carbocycles. The molecular formula is C15H21N5OS. The Bertz CT molecular complexity index is 688. The summed E-state index contributed by atoms with van der Waals surface area (Å²) in [6.45, 7) is 8.19. The van der Waals surface area contributed by atoms with Crippen LogP contribution in [0.5, 0.6) is 0 Å². The van der Waals surface area contributed by atoms with Crippen molar-refractivity contribution in [1.29, 1.82) is 0 Å². The van der Waals surface area contributed by atoms with E-state index < -0.39 is 0 Å². The first-order valence-electron chi connectivity index (χ1n) is 7.04. The van der Waals surface area contributed by atoms with Crippen LogP contribution in [0, 0.1) is 13.8 Å². The van der Waals surface area contributed by atoms with Gasteiger partial charge in [-0.2, -0.15) is 0 Å². The largest absolute Gasteiger partial charge is 0.383 e. The molecule has 0 aromatic carbocycles. The van der Waals surface area contributed by atoms with Crippen LogP contribution in [0.3, 0.4) is 0 Å². The van der Waals surface area contributed by atoms with E-state index in [1.54, 1.807) is 0 Å². The van der Waals surface area contributed by atoms with Crippen molar-refractivity contribution in [2.75, 3.05) is 17.2 Å². The summed E-state index contributed by atoms with van der Waals surface area (Å²) in [5, 5.41) is 0.420. The van der Waals surface area contributed by atoms with E-state index in [1.165, 1.54) is 17.8 Å². The van der Waals surface area contributed by atoms with Crippen molar-refractivity contribution in [2.45, 2.75) is 38.9 Å². The van der Waals surface area contributed by atoms with E-state index >= 15 is 0 Å². The van der Waals surface area contributed by atoms with Gasteiger partial charge in [-0.25, -0.2) is 9.97 Å². The lowest BCUT2D eigenvalue weighted by Gasteiger charge is -2.13. The number of rotatable bonds is 5. The summed E-state index contributed by atoms with van der Waals surface area (Å²) in [7, 11) is 0. The second-order valence-corrected chi connectivity index (χ2v) is 6.40. The Morgan fingerprint density at radius 1 is 1.23 bits per heavy atom. The van der Waals surface area contributed by atoms with Crippen LogP contribution in [-0.2, 0) is 0 Å². The Labute approximate surface area is 134 Å². The van der Waals surface area contributed by atoms with E-state index in [1.807, 2.05) is 19.9 Å². The number of carbonyl (C=O) groups excluding carboxylic acids is 1. The van der Waals surface area contributed by atoms with Gasteiger partial charge in [-0.05, 0) is 33.8 Å². The molecule has 118 valence electrons. The van der Waals surface area contributed by atoms with E-state index in [-0.39, 0.29) is 11.5 Å². The zero-order valence-corrected chi connectivity index (χ0v) is 14.1. The number of nitrogens with two attached hydrogens (primary N) is 2. The molecule has 2 aromatic heterocycles. The quantitative estimate of drug-likeness (QED) is 0.499. The average Bonchev–Trinajstić information content (AvgIpc) is 2.70. The van der Waals surface area contributed by atoms with Gasteiger partial charge in [-0.3, -0.25) is 4.79 Å². The van der Waals surface area contributed by atoms with Gasteiger partial charge in [0.05, 0.1) is 5.75 Å². The number of nitrogen functional groups attached to an aromatic ring is 2. The summed E-state index contributed by atoms with van der Waals surface area (Å²) in [6.07, 6.45) is 0. The zero-order valence-electron chi connectivity index (χ0n) is 13.3. The van der Waals surface area contributed by atoms with E-state index in [9.17, 15) is 4.79 Å². The molecule has 22 heavy (non-hydrogen) atoms. The molecule has 0 aliphatic rings. The molecule has 0 spiro atoms. The molecule has 0 atom stereocenters. The van der Waals surface area contributed by atoms with Gasteiger partial charge in [0.25, 0.3) is 0 Å². The molecule has 2 rings (SSSR count). The van der Waals surface area contributed by atoms with Crippen molar-refractivity contribution in [3.63, 3.8) is 0 Å². The Morgan fingerprint density at radius 2 is 1.82 bits per heavy atom. The van der Waals surface area contributed by atoms with Crippen LogP contribution in [0.2, 0.25) is 0 Å². The highest BCUT2D eigenvalue weighted by Crippen LogP contribution is 2.23. The Morgan fingerprint density at radius 3 is 2.32 bits per heavy atom. The number of ketones is 1. The molecule has 7 heteroatoms. The molecule has 0 unspecified atom stereocenters. The number of hydrogen-bond donors (Lipinski definition) is 2. The van der Waals surface area contributed by atoms with Crippen molar-refractivity contribution in [3.8, 4) is 0 Å². The van der Waals surface area contributed by atoms with Crippen LogP contribution in [0.25, 0.3) is 0 Å². The first kappa shape index (κ1) is 16.4. The number of anilines is 2. The Hall–Kier alpha value is -2.02. The predicted octanol–water partition coefficient (Wildman–Crippen LogP) is 2.62. The van der Waals surface area contributed by atoms with E-state index in [0.717, 1.165) is 17.0 Å². The van der Waals surface area contributed by atoms with Gasteiger partial charge in [0.2, 0.25) is 0 Å². The molecule has 0 aliphatic heterocycles. The van der Waals surface area contributed by atoms with Crippen LogP contribution < -0.4 is 11.5 Å². The van der Waals surface area contributed by atoms with Crippen LogP contribution in [0.1, 0.15) is 41.6 Å². The van der Waals surface area contributed by atoms with Gasteiger partial charge in [-0.1, -0.05) is 11.8 Å². The molecule has 0 radical (unpaired) electrons. The van der Waals surface area contributed by atoms with Gasteiger partial charge in [0.1, 0.15) is 11.6 Å². The highest BCUT2D eigenvalue weighted by molar-refractivity contribution is 7.99. The lowest BCUT2D eigenvalue weighted by Crippen LogP contribution is -2.08. The summed E-state index contributed by atoms with van der Waals surface area (Å²) in [5.74, 6) is 0.918. The number of Topliss-reactive ketones (excluding diaryl/α,β-unsaturated/α-hetero) is 1. The standard InChI is InChI=1S/C15H21N5OS/c1-8(2)20-9(3)5-11(10(20)4)12(21)7-22-15-18-13(16)6-14(17)19-15/h5-6,8H,7H2,1-4H3,(H4,16,17,18,19). The fourth-order valence-electron chi connectivity index (χ4n) is 2.59. The van der Waals surface area contributed by atoms with E-state index in [0.29, 0.717) is 22.8 Å². The van der Waals surface area contributed by atoms with Gasteiger partial charge >= 0.3 is 0 Å². The third kappa shape index (κ3) is 3.41. The van der Waals surface area contributed by atoms with Gasteiger partial charge in [0, 0.05) is 29.1 Å². The molecule has 0 aliphatic carbocycles. The van der Waals surface area contributed by atoms with Crippen molar-refractivity contribution in [1.82, 2.24) is 14.5 Å². The highest BCUT2D eigenvalue weighted by atomic mass is 32.2. The molecule has 0 amide bonds. The number of carbonyl (C=O) groups is 1. The molecular weight excluding hydrogens is 298 g/mol. The summed E-state index contributed by atoms with van der Waals surface area (Å²) >= 11 is 1.24. The molecule has 0 saturated heterocycles. The average molecular weight is 319 g/mol. The highest BCUT2D eigenvalue weighted by Gasteiger charge is 2.17. The topological polar surface area (TPSA) is 99.8 Å². The van der Waals surface area contributed by atoms with E-state index in [2.05, 4.69) is 28.4 Å². The third-order valence-corrected chi connectivity index (χ3v) is 4.23. The summed E-state index contributed by atoms with van der Waals surface area (Å²) in [5.41, 5.74) is 14.1. The normalized spacial score (nSPS) is 11.1. The maximum absolute atomic E-state index is 12.4. The molecule has 2 aromatic rings. The molecule has 0 fully saturated rings. The maximum Gasteiger partial charge on any atom is 0.191 e. The van der Waals surface area contributed by atoms with Crippen molar-refractivity contribution in [3.05, 3.63) is 29.1 Å².